The number of halogens is 1. The number of aryl methyl sites for hydroxylation is 1. The minimum atomic E-state index is -0.581. The van der Waals surface area contributed by atoms with E-state index in [1.807, 2.05) is 38.1 Å². The second kappa shape index (κ2) is 7.13. The number of fused-ring (bicyclic) bond motifs is 2. The molecular weight excluding hydrogens is 391 g/mol. The van der Waals surface area contributed by atoms with E-state index in [-0.39, 0.29) is 17.6 Å². The van der Waals surface area contributed by atoms with Crippen LogP contribution in [0.4, 0.5) is 4.39 Å². The van der Waals surface area contributed by atoms with E-state index in [1.54, 1.807) is 36.4 Å². The molecule has 1 aromatic heterocycles. The first-order chi connectivity index (χ1) is 15.0. The lowest BCUT2D eigenvalue weighted by molar-refractivity contribution is 0.0595. The molecule has 152 valence electrons. The second-order valence-corrected chi connectivity index (χ2v) is 7.78. The number of amides is 2. The molecule has 1 atom stereocenters. The summed E-state index contributed by atoms with van der Waals surface area (Å²) in [5.41, 5.74) is 4.46. The fourth-order valence-corrected chi connectivity index (χ4v) is 4.24. The summed E-state index contributed by atoms with van der Waals surface area (Å²) in [6.45, 7) is 3.80. The summed E-state index contributed by atoms with van der Waals surface area (Å²) >= 11 is 0. The molecule has 0 saturated heterocycles. The van der Waals surface area contributed by atoms with E-state index < -0.39 is 6.04 Å². The predicted octanol–water partition coefficient (Wildman–Crippen LogP) is 5.71. The molecule has 3 aromatic carbocycles. The van der Waals surface area contributed by atoms with Crippen molar-refractivity contribution in [3.63, 3.8) is 0 Å². The van der Waals surface area contributed by atoms with Crippen LogP contribution in [0.15, 0.2) is 72.8 Å². The van der Waals surface area contributed by atoms with Gasteiger partial charge in [-0.15, -0.1) is 0 Å². The van der Waals surface area contributed by atoms with Crippen LogP contribution in [0.2, 0.25) is 0 Å². The highest BCUT2D eigenvalue weighted by Crippen LogP contribution is 2.37. The van der Waals surface area contributed by atoms with E-state index >= 15 is 0 Å². The number of hydrogen-bond donors (Lipinski definition) is 0. The van der Waals surface area contributed by atoms with Crippen molar-refractivity contribution in [2.45, 2.75) is 19.9 Å². The number of aromatic nitrogens is 1. The van der Waals surface area contributed by atoms with E-state index in [9.17, 15) is 14.0 Å². The van der Waals surface area contributed by atoms with Gasteiger partial charge in [-0.3, -0.25) is 14.5 Å². The molecule has 5 rings (SSSR count). The molecule has 0 bridgehead atoms. The molecule has 4 nitrogen and oxygen atoms in total. The number of benzene rings is 3. The third-order valence-corrected chi connectivity index (χ3v) is 5.87. The summed E-state index contributed by atoms with van der Waals surface area (Å²) in [6, 6.07) is 20.2. The van der Waals surface area contributed by atoms with Gasteiger partial charge in [-0.05, 0) is 55.8 Å². The summed E-state index contributed by atoms with van der Waals surface area (Å²) < 4.78 is 14.0. The van der Waals surface area contributed by atoms with Gasteiger partial charge in [0, 0.05) is 16.5 Å². The maximum absolute atomic E-state index is 14.0. The minimum absolute atomic E-state index is 0.330. The monoisotopic (exact) mass is 410 g/mol. The third kappa shape index (κ3) is 3.01. The number of nitrogens with zero attached hydrogens (tertiary/aromatic N) is 2. The van der Waals surface area contributed by atoms with Crippen LogP contribution >= 0.6 is 0 Å². The Balaban J connectivity index is 1.72. The van der Waals surface area contributed by atoms with Crippen molar-refractivity contribution in [3.8, 4) is 11.3 Å². The van der Waals surface area contributed by atoms with Crippen molar-refractivity contribution < 1.29 is 14.0 Å². The molecule has 0 radical (unpaired) electrons. The van der Waals surface area contributed by atoms with Gasteiger partial charge in [0.2, 0.25) is 0 Å². The van der Waals surface area contributed by atoms with Crippen molar-refractivity contribution in [3.05, 3.63) is 101 Å². The highest BCUT2D eigenvalue weighted by atomic mass is 19.1. The van der Waals surface area contributed by atoms with Crippen LogP contribution in [0.5, 0.6) is 0 Å². The van der Waals surface area contributed by atoms with Crippen LogP contribution in [0.25, 0.3) is 22.2 Å². The molecule has 2 amide bonds. The van der Waals surface area contributed by atoms with Gasteiger partial charge in [0.05, 0.1) is 28.4 Å². The molecule has 0 spiro atoms. The average molecular weight is 410 g/mol. The van der Waals surface area contributed by atoms with E-state index in [4.69, 9.17) is 4.98 Å². The first kappa shape index (κ1) is 19.1. The molecule has 0 saturated carbocycles. The number of imide groups is 1. The van der Waals surface area contributed by atoms with Gasteiger partial charge >= 0.3 is 0 Å². The van der Waals surface area contributed by atoms with E-state index in [2.05, 4.69) is 0 Å². The molecule has 0 aliphatic carbocycles. The largest absolute Gasteiger partial charge is 0.269 e. The Kier molecular flexibility index (Phi) is 4.40. The van der Waals surface area contributed by atoms with Gasteiger partial charge in [0.25, 0.3) is 11.8 Å². The lowest BCUT2D eigenvalue weighted by Crippen LogP contribution is -2.33. The molecule has 4 aromatic rings. The fraction of sp³-hybridized carbons (Fsp3) is 0.115. The number of carbonyl (C=O) groups excluding carboxylic acids is 2. The standard InChI is InChI=1S/C26H19FN2O2/c1-15-7-5-12-23-21(15)14-22(24(28-23)17-8-6-9-18(27)13-17)16(2)29-25(30)19-10-3-4-11-20(19)26(29)31/h3-14,16H,1-2H3. The van der Waals surface area contributed by atoms with Gasteiger partial charge in [-0.25, -0.2) is 9.37 Å². The molecule has 0 N–H and O–H groups in total. The van der Waals surface area contributed by atoms with Crippen molar-refractivity contribution in [1.29, 1.82) is 0 Å². The Morgan fingerprint density at radius 2 is 1.55 bits per heavy atom. The molecule has 2 heterocycles. The zero-order valence-electron chi connectivity index (χ0n) is 17.1. The summed E-state index contributed by atoms with van der Waals surface area (Å²) in [6.07, 6.45) is 0. The van der Waals surface area contributed by atoms with Crippen molar-refractivity contribution in [2.75, 3.05) is 0 Å². The van der Waals surface area contributed by atoms with E-state index in [1.165, 1.54) is 17.0 Å². The highest BCUT2D eigenvalue weighted by molar-refractivity contribution is 6.21. The zero-order valence-corrected chi connectivity index (χ0v) is 17.1. The summed E-state index contributed by atoms with van der Waals surface area (Å²) in [5.74, 6) is -1.03. The molecule has 0 fully saturated rings. The van der Waals surface area contributed by atoms with Crippen LogP contribution in [-0.4, -0.2) is 21.7 Å². The smallest absolute Gasteiger partial charge is 0.262 e. The van der Waals surface area contributed by atoms with Gasteiger partial charge in [-0.1, -0.05) is 36.4 Å². The molecule has 1 unspecified atom stereocenters. The van der Waals surface area contributed by atoms with Crippen molar-refractivity contribution in [2.24, 2.45) is 0 Å². The van der Waals surface area contributed by atoms with Crippen molar-refractivity contribution >= 4 is 22.7 Å². The normalized spacial score (nSPS) is 14.2. The molecule has 1 aliphatic heterocycles. The summed E-state index contributed by atoms with van der Waals surface area (Å²) in [7, 11) is 0. The number of carbonyl (C=O) groups is 2. The molecule has 31 heavy (non-hydrogen) atoms. The van der Waals surface area contributed by atoms with Gasteiger partial charge in [0.15, 0.2) is 0 Å². The van der Waals surface area contributed by atoms with Gasteiger partial charge in [0.1, 0.15) is 5.82 Å². The Hall–Kier alpha value is -3.86. The maximum Gasteiger partial charge on any atom is 0.262 e. The predicted molar refractivity (Wildman–Crippen MR) is 117 cm³/mol. The Bertz CT molecular complexity index is 1340. The first-order valence-electron chi connectivity index (χ1n) is 10.1. The Morgan fingerprint density at radius 3 is 2.23 bits per heavy atom. The third-order valence-electron chi connectivity index (χ3n) is 5.87. The maximum atomic E-state index is 14.0. The van der Waals surface area contributed by atoms with Crippen LogP contribution in [0.3, 0.4) is 0 Å². The molecule has 5 heteroatoms. The van der Waals surface area contributed by atoms with Crippen LogP contribution in [0.1, 0.15) is 44.8 Å². The SMILES string of the molecule is Cc1cccc2nc(-c3cccc(F)c3)c(C(C)N3C(=O)c4ccccc4C3=O)cc12. The number of pyridine rings is 1. The Morgan fingerprint density at radius 1 is 0.871 bits per heavy atom. The topological polar surface area (TPSA) is 50.3 Å². The number of hydrogen-bond acceptors (Lipinski definition) is 3. The lowest BCUT2D eigenvalue weighted by Gasteiger charge is -2.25. The second-order valence-electron chi connectivity index (χ2n) is 7.78. The summed E-state index contributed by atoms with van der Waals surface area (Å²) in [4.78, 5) is 32.3. The average Bonchev–Trinajstić information content (AvgIpc) is 3.03. The van der Waals surface area contributed by atoms with Gasteiger partial charge in [-0.2, -0.15) is 0 Å². The zero-order chi connectivity index (χ0) is 21.7. The first-order valence-corrected chi connectivity index (χ1v) is 10.1. The van der Waals surface area contributed by atoms with Gasteiger partial charge < -0.3 is 0 Å². The van der Waals surface area contributed by atoms with Crippen molar-refractivity contribution in [1.82, 2.24) is 9.88 Å². The minimum Gasteiger partial charge on any atom is -0.269 e. The fourth-order valence-electron chi connectivity index (χ4n) is 4.24. The highest BCUT2D eigenvalue weighted by Gasteiger charge is 2.39. The molecular formula is C26H19FN2O2. The van der Waals surface area contributed by atoms with E-state index in [0.717, 1.165) is 16.5 Å². The van der Waals surface area contributed by atoms with Crippen LogP contribution in [0, 0.1) is 12.7 Å². The molecule has 1 aliphatic rings. The number of rotatable bonds is 3. The summed E-state index contributed by atoms with van der Waals surface area (Å²) in [5, 5.41) is 0.932. The quantitative estimate of drug-likeness (QED) is 0.407. The Labute approximate surface area is 179 Å². The van der Waals surface area contributed by atoms with E-state index in [0.29, 0.717) is 27.9 Å². The van der Waals surface area contributed by atoms with Crippen LogP contribution < -0.4 is 0 Å². The van der Waals surface area contributed by atoms with Crippen LogP contribution in [-0.2, 0) is 0 Å². The lowest BCUT2D eigenvalue weighted by atomic mass is 9.96.